The van der Waals surface area contributed by atoms with E-state index in [9.17, 15) is 0 Å². The third-order valence-electron chi connectivity index (χ3n) is 3.19. The molecule has 3 rings (SSSR count). The van der Waals surface area contributed by atoms with Gasteiger partial charge >= 0.3 is 142 Å². The SMILES string of the molecule is [CH3-].[Li+].c1cc[c]([Pb]([c]2ccccc2)[c]2ccccc2)cc1. The van der Waals surface area contributed by atoms with E-state index in [2.05, 4.69) is 91.0 Å². The fourth-order valence-electron chi connectivity index (χ4n) is 2.31. The fraction of sp³-hybridized carbons (Fsp3) is 0. The Kier molecular flexibility index (Phi) is 8.03. The molecule has 0 atom stereocenters. The van der Waals surface area contributed by atoms with Gasteiger partial charge in [-0.05, 0) is 0 Å². The van der Waals surface area contributed by atoms with Gasteiger partial charge in [-0.3, -0.25) is 0 Å². The summed E-state index contributed by atoms with van der Waals surface area (Å²) in [6.07, 6.45) is 0. The molecule has 0 unspecified atom stereocenters. The monoisotopic (exact) mass is 461 g/mol. The van der Waals surface area contributed by atoms with E-state index in [4.69, 9.17) is 0 Å². The maximum absolute atomic E-state index is 2.29. The summed E-state index contributed by atoms with van der Waals surface area (Å²) in [6.45, 7) is 0. The summed E-state index contributed by atoms with van der Waals surface area (Å²) in [5.74, 6) is 0. The molecule has 1 radical (unpaired) electrons. The van der Waals surface area contributed by atoms with Crippen LogP contribution in [0, 0.1) is 7.43 Å². The van der Waals surface area contributed by atoms with Crippen molar-refractivity contribution in [1.82, 2.24) is 0 Å². The van der Waals surface area contributed by atoms with Crippen LogP contribution >= 0.6 is 0 Å². The van der Waals surface area contributed by atoms with Crippen molar-refractivity contribution < 1.29 is 18.9 Å². The molecule has 0 fully saturated rings. The molecule has 21 heavy (non-hydrogen) atoms. The molecule has 0 aromatic heterocycles. The van der Waals surface area contributed by atoms with Crippen molar-refractivity contribution in [2.24, 2.45) is 0 Å². The van der Waals surface area contributed by atoms with Crippen molar-refractivity contribution in [2.45, 2.75) is 0 Å². The Balaban J connectivity index is 0.00000110. The van der Waals surface area contributed by atoms with Gasteiger partial charge < -0.3 is 7.43 Å². The van der Waals surface area contributed by atoms with Crippen LogP contribution in [0.4, 0.5) is 0 Å². The molecule has 2 heteroatoms. The molecule has 0 spiro atoms. The molecule has 3 aromatic carbocycles. The van der Waals surface area contributed by atoms with Crippen LogP contribution in [0.2, 0.25) is 0 Å². The Labute approximate surface area is 148 Å². The molecule has 0 aliphatic heterocycles. The molecular weight excluding hydrogens is 442 g/mol. The van der Waals surface area contributed by atoms with Crippen LogP contribution in [-0.4, -0.2) is 22.7 Å². The first-order chi connectivity index (χ1) is 9.45. The van der Waals surface area contributed by atoms with E-state index in [1.807, 2.05) is 0 Å². The zero-order chi connectivity index (χ0) is 12.9. The molecule has 0 nitrogen and oxygen atoms in total. The van der Waals surface area contributed by atoms with E-state index in [-0.39, 0.29) is 26.3 Å². The molecule has 0 saturated heterocycles. The number of hydrogen-bond acceptors (Lipinski definition) is 0. The summed E-state index contributed by atoms with van der Waals surface area (Å²) in [7, 11) is 0. The molecule has 0 amide bonds. The Morgan fingerprint density at radius 1 is 0.429 bits per heavy atom. The van der Waals surface area contributed by atoms with Crippen LogP contribution < -0.4 is 28.2 Å². The third-order valence-corrected chi connectivity index (χ3v) is 13.8. The number of benzene rings is 3. The number of hydrogen-bond donors (Lipinski definition) is 0. The molecule has 0 heterocycles. The van der Waals surface area contributed by atoms with Gasteiger partial charge in [0.05, 0.1) is 0 Å². The first-order valence-corrected chi connectivity index (χ1v) is 12.3. The van der Waals surface area contributed by atoms with E-state index in [0.29, 0.717) is 0 Å². The molecule has 0 aliphatic carbocycles. The van der Waals surface area contributed by atoms with Crippen LogP contribution in [0.3, 0.4) is 0 Å². The second kappa shape index (κ2) is 9.25. The van der Waals surface area contributed by atoms with Crippen LogP contribution in [0.1, 0.15) is 0 Å². The molecule has 0 aliphatic rings. The predicted molar refractivity (Wildman–Crippen MR) is 90.4 cm³/mol. The average molecular weight is 460 g/mol. The summed E-state index contributed by atoms with van der Waals surface area (Å²) in [4.78, 5) is 0. The van der Waals surface area contributed by atoms with E-state index in [1.54, 1.807) is 9.37 Å². The minimum absolute atomic E-state index is 0. The molecule has 0 bridgehead atoms. The molecule has 0 saturated carbocycles. The van der Waals surface area contributed by atoms with E-state index in [0.717, 1.165) is 0 Å². The van der Waals surface area contributed by atoms with Crippen LogP contribution in [0.25, 0.3) is 0 Å². The normalized spacial score (nSPS) is 9.57. The first kappa shape index (κ1) is 18.2. The van der Waals surface area contributed by atoms with Crippen molar-refractivity contribution in [3.63, 3.8) is 0 Å². The summed E-state index contributed by atoms with van der Waals surface area (Å²) >= 11 is -2.17. The first-order valence-electron chi connectivity index (χ1n) is 6.48. The zero-order valence-electron chi connectivity index (χ0n) is 12.7. The van der Waals surface area contributed by atoms with Crippen molar-refractivity contribution in [3.05, 3.63) is 98.4 Å². The Bertz CT molecular complexity index is 530. The van der Waals surface area contributed by atoms with Gasteiger partial charge in [0.1, 0.15) is 0 Å². The molecule has 0 N–H and O–H groups in total. The quantitative estimate of drug-likeness (QED) is 0.371. The Hall–Kier alpha value is -0.821. The zero-order valence-corrected chi connectivity index (χ0v) is 16.5. The van der Waals surface area contributed by atoms with Crippen LogP contribution in [0.5, 0.6) is 0 Å². The molecular formula is C19H18LiPb. The summed E-state index contributed by atoms with van der Waals surface area (Å²) in [5, 5.41) is 0. The van der Waals surface area contributed by atoms with Gasteiger partial charge in [-0.1, -0.05) is 0 Å². The van der Waals surface area contributed by atoms with Crippen LogP contribution in [0.15, 0.2) is 91.0 Å². The van der Waals surface area contributed by atoms with Gasteiger partial charge in [-0.2, -0.15) is 0 Å². The van der Waals surface area contributed by atoms with E-state index in [1.165, 1.54) is 0 Å². The van der Waals surface area contributed by atoms with Gasteiger partial charge in [0.15, 0.2) is 0 Å². The Morgan fingerprint density at radius 3 is 0.905 bits per heavy atom. The third kappa shape index (κ3) is 4.57. The van der Waals surface area contributed by atoms with Crippen molar-refractivity contribution in [3.8, 4) is 0 Å². The standard InChI is InChI=1S/3C6H5.CH3.Li.Pb/c3*1-2-4-6-5-3-1;;;/h3*1-5H;1H3;;/q;;;-1;+1;. The van der Waals surface area contributed by atoms with Crippen LogP contribution in [-0.2, 0) is 0 Å². The van der Waals surface area contributed by atoms with E-state index < -0.39 is 22.7 Å². The second-order valence-electron chi connectivity index (χ2n) is 4.47. The minimum atomic E-state index is -2.17. The topological polar surface area (TPSA) is 0 Å². The van der Waals surface area contributed by atoms with Crippen molar-refractivity contribution >= 4 is 32.1 Å². The van der Waals surface area contributed by atoms with Gasteiger partial charge in [0, 0.05) is 0 Å². The Morgan fingerprint density at radius 2 is 0.667 bits per heavy atom. The molecule has 3 aromatic rings. The van der Waals surface area contributed by atoms with Crippen molar-refractivity contribution in [2.75, 3.05) is 0 Å². The predicted octanol–water partition coefficient (Wildman–Crippen LogP) is -0.343. The maximum atomic E-state index is 2.29. The summed E-state index contributed by atoms with van der Waals surface area (Å²) < 4.78 is 4.64. The fourth-order valence-corrected chi connectivity index (χ4v) is 12.3. The summed E-state index contributed by atoms with van der Waals surface area (Å²) in [5.41, 5.74) is 0. The van der Waals surface area contributed by atoms with E-state index >= 15 is 0 Å². The van der Waals surface area contributed by atoms with Crippen molar-refractivity contribution in [1.29, 1.82) is 0 Å². The van der Waals surface area contributed by atoms with Gasteiger partial charge in [0.25, 0.3) is 0 Å². The van der Waals surface area contributed by atoms with Gasteiger partial charge in [-0.15, -0.1) is 0 Å². The van der Waals surface area contributed by atoms with Gasteiger partial charge in [0.2, 0.25) is 0 Å². The molecule has 99 valence electrons. The van der Waals surface area contributed by atoms with Gasteiger partial charge in [-0.25, -0.2) is 0 Å². The summed E-state index contributed by atoms with van der Waals surface area (Å²) in [6, 6.07) is 33.0. The second-order valence-corrected chi connectivity index (χ2v) is 14.1. The number of rotatable bonds is 3. The average Bonchev–Trinajstić information content (AvgIpc) is 2.51.